The molecular weight excluding hydrogens is 168 g/mol. The van der Waals surface area contributed by atoms with E-state index in [4.69, 9.17) is 14.2 Å². The minimum Gasteiger partial charge on any atom is -0.373 e. The van der Waals surface area contributed by atoms with Gasteiger partial charge in [0.25, 0.3) is 0 Å². The summed E-state index contributed by atoms with van der Waals surface area (Å²) in [6.45, 7) is 10.0. The van der Waals surface area contributed by atoms with Crippen LogP contribution in [0, 0.1) is 0 Å². The SMILES string of the molecule is CCOC(CC)C(OCC)OCC. The van der Waals surface area contributed by atoms with Gasteiger partial charge in [-0.3, -0.25) is 0 Å². The van der Waals surface area contributed by atoms with E-state index in [2.05, 4.69) is 6.92 Å². The monoisotopic (exact) mass is 190 g/mol. The van der Waals surface area contributed by atoms with Crippen LogP contribution in [0.3, 0.4) is 0 Å². The lowest BCUT2D eigenvalue weighted by Crippen LogP contribution is -2.33. The maximum absolute atomic E-state index is 5.51. The number of rotatable bonds is 8. The molecule has 0 aromatic heterocycles. The maximum atomic E-state index is 5.51. The second-order valence-corrected chi connectivity index (χ2v) is 2.68. The van der Waals surface area contributed by atoms with Gasteiger partial charge < -0.3 is 14.2 Å². The van der Waals surface area contributed by atoms with Gasteiger partial charge in [0.15, 0.2) is 6.29 Å². The molecule has 0 aliphatic rings. The van der Waals surface area contributed by atoms with Gasteiger partial charge in [0.1, 0.15) is 6.10 Å². The smallest absolute Gasteiger partial charge is 0.183 e. The van der Waals surface area contributed by atoms with Crippen LogP contribution >= 0.6 is 0 Å². The minimum absolute atomic E-state index is 0.0601. The Labute approximate surface area is 81.4 Å². The third-order valence-electron chi connectivity index (χ3n) is 1.75. The van der Waals surface area contributed by atoms with Crippen molar-refractivity contribution >= 4 is 0 Å². The molecule has 80 valence electrons. The molecule has 0 saturated heterocycles. The summed E-state index contributed by atoms with van der Waals surface area (Å²) in [6, 6.07) is 0. The molecule has 0 spiro atoms. The van der Waals surface area contributed by atoms with Crippen LogP contribution in [0.1, 0.15) is 34.1 Å². The third-order valence-corrected chi connectivity index (χ3v) is 1.75. The summed E-state index contributed by atoms with van der Waals surface area (Å²) in [5.74, 6) is 0. The molecule has 0 aliphatic heterocycles. The average Bonchev–Trinajstić information content (AvgIpc) is 2.14. The van der Waals surface area contributed by atoms with Gasteiger partial charge in [0.05, 0.1) is 0 Å². The highest BCUT2D eigenvalue weighted by molar-refractivity contribution is 4.60. The molecule has 0 bridgehead atoms. The zero-order valence-electron chi connectivity index (χ0n) is 9.21. The van der Waals surface area contributed by atoms with Crippen LogP contribution < -0.4 is 0 Å². The minimum atomic E-state index is -0.208. The van der Waals surface area contributed by atoms with Crippen molar-refractivity contribution in [2.24, 2.45) is 0 Å². The summed E-state index contributed by atoms with van der Waals surface area (Å²) in [6.07, 6.45) is 0.767. The van der Waals surface area contributed by atoms with Gasteiger partial charge in [-0.25, -0.2) is 0 Å². The lowest BCUT2D eigenvalue weighted by molar-refractivity contribution is -0.202. The average molecular weight is 190 g/mol. The van der Waals surface area contributed by atoms with Crippen molar-refractivity contribution in [3.8, 4) is 0 Å². The summed E-state index contributed by atoms with van der Waals surface area (Å²) in [5, 5.41) is 0. The molecule has 0 radical (unpaired) electrons. The molecule has 3 heteroatoms. The first-order valence-electron chi connectivity index (χ1n) is 5.14. The van der Waals surface area contributed by atoms with E-state index >= 15 is 0 Å². The highest BCUT2D eigenvalue weighted by atomic mass is 16.7. The van der Waals surface area contributed by atoms with Crippen molar-refractivity contribution in [3.05, 3.63) is 0 Å². The van der Waals surface area contributed by atoms with Crippen molar-refractivity contribution in [1.82, 2.24) is 0 Å². The summed E-state index contributed by atoms with van der Waals surface area (Å²) >= 11 is 0. The Morgan fingerprint density at radius 2 is 1.23 bits per heavy atom. The fourth-order valence-electron chi connectivity index (χ4n) is 1.19. The topological polar surface area (TPSA) is 27.7 Å². The zero-order valence-corrected chi connectivity index (χ0v) is 9.21. The molecule has 0 saturated carbocycles. The van der Waals surface area contributed by atoms with E-state index in [1.807, 2.05) is 20.8 Å². The van der Waals surface area contributed by atoms with Crippen LogP contribution in [0.5, 0.6) is 0 Å². The predicted octanol–water partition coefficient (Wildman–Crippen LogP) is 2.20. The van der Waals surface area contributed by atoms with Gasteiger partial charge in [0, 0.05) is 19.8 Å². The Bertz CT molecular complexity index is 100. The van der Waals surface area contributed by atoms with E-state index in [1.54, 1.807) is 0 Å². The lowest BCUT2D eigenvalue weighted by Gasteiger charge is -2.25. The Balaban J connectivity index is 3.94. The normalized spacial score (nSPS) is 13.6. The molecule has 1 unspecified atom stereocenters. The van der Waals surface area contributed by atoms with E-state index in [0.29, 0.717) is 19.8 Å². The third kappa shape index (κ3) is 5.24. The van der Waals surface area contributed by atoms with E-state index in [-0.39, 0.29) is 12.4 Å². The van der Waals surface area contributed by atoms with Crippen molar-refractivity contribution in [3.63, 3.8) is 0 Å². The molecule has 0 heterocycles. The van der Waals surface area contributed by atoms with Crippen molar-refractivity contribution in [2.75, 3.05) is 19.8 Å². The molecule has 0 amide bonds. The molecule has 0 rings (SSSR count). The molecule has 13 heavy (non-hydrogen) atoms. The molecule has 0 fully saturated rings. The Hall–Kier alpha value is -0.120. The first-order chi connectivity index (χ1) is 6.29. The van der Waals surface area contributed by atoms with E-state index in [0.717, 1.165) is 6.42 Å². The Morgan fingerprint density at radius 3 is 1.54 bits per heavy atom. The summed E-state index contributed by atoms with van der Waals surface area (Å²) < 4.78 is 16.4. The molecule has 0 N–H and O–H groups in total. The molecular formula is C10H22O3. The fraction of sp³-hybridized carbons (Fsp3) is 1.00. The summed E-state index contributed by atoms with van der Waals surface area (Å²) in [5.41, 5.74) is 0. The van der Waals surface area contributed by atoms with Crippen LogP contribution in [-0.4, -0.2) is 32.2 Å². The fourth-order valence-corrected chi connectivity index (χ4v) is 1.19. The van der Waals surface area contributed by atoms with Gasteiger partial charge in [-0.1, -0.05) is 6.92 Å². The predicted molar refractivity (Wildman–Crippen MR) is 52.7 cm³/mol. The largest absolute Gasteiger partial charge is 0.373 e. The first kappa shape index (κ1) is 12.9. The van der Waals surface area contributed by atoms with Crippen LogP contribution in [0.15, 0.2) is 0 Å². The Kier molecular flexibility index (Phi) is 8.40. The van der Waals surface area contributed by atoms with E-state index in [1.165, 1.54) is 0 Å². The van der Waals surface area contributed by atoms with Gasteiger partial charge in [-0.05, 0) is 27.2 Å². The summed E-state index contributed by atoms with van der Waals surface area (Å²) in [7, 11) is 0. The second-order valence-electron chi connectivity index (χ2n) is 2.68. The van der Waals surface area contributed by atoms with Gasteiger partial charge in [0.2, 0.25) is 0 Å². The highest BCUT2D eigenvalue weighted by Gasteiger charge is 2.20. The van der Waals surface area contributed by atoms with Crippen LogP contribution in [0.2, 0.25) is 0 Å². The quantitative estimate of drug-likeness (QED) is 0.549. The number of hydrogen-bond acceptors (Lipinski definition) is 3. The zero-order chi connectivity index (χ0) is 10.1. The van der Waals surface area contributed by atoms with E-state index in [9.17, 15) is 0 Å². The number of ether oxygens (including phenoxy) is 3. The maximum Gasteiger partial charge on any atom is 0.183 e. The molecule has 0 aromatic rings. The number of hydrogen-bond donors (Lipinski definition) is 0. The molecule has 3 nitrogen and oxygen atoms in total. The Morgan fingerprint density at radius 1 is 0.769 bits per heavy atom. The lowest BCUT2D eigenvalue weighted by atomic mass is 10.2. The summed E-state index contributed by atoms with van der Waals surface area (Å²) in [4.78, 5) is 0. The van der Waals surface area contributed by atoms with Crippen LogP contribution in [-0.2, 0) is 14.2 Å². The standard InChI is InChI=1S/C10H22O3/c1-5-9(11-6-2)10(12-7-3)13-8-4/h9-10H,5-8H2,1-4H3. The van der Waals surface area contributed by atoms with Gasteiger partial charge in [-0.2, -0.15) is 0 Å². The highest BCUT2D eigenvalue weighted by Crippen LogP contribution is 2.09. The van der Waals surface area contributed by atoms with Crippen molar-refractivity contribution in [1.29, 1.82) is 0 Å². The molecule has 0 aromatic carbocycles. The van der Waals surface area contributed by atoms with Gasteiger partial charge in [-0.15, -0.1) is 0 Å². The van der Waals surface area contributed by atoms with Crippen LogP contribution in [0.25, 0.3) is 0 Å². The van der Waals surface area contributed by atoms with Gasteiger partial charge >= 0.3 is 0 Å². The van der Waals surface area contributed by atoms with E-state index < -0.39 is 0 Å². The first-order valence-corrected chi connectivity index (χ1v) is 5.14. The van der Waals surface area contributed by atoms with Crippen LogP contribution in [0.4, 0.5) is 0 Å². The molecule has 1 atom stereocenters. The second kappa shape index (κ2) is 8.48. The van der Waals surface area contributed by atoms with Crippen molar-refractivity contribution < 1.29 is 14.2 Å². The van der Waals surface area contributed by atoms with Crippen molar-refractivity contribution in [2.45, 2.75) is 46.5 Å². The molecule has 0 aliphatic carbocycles.